The number of hydrogen-bond donors (Lipinski definition) is 3. The molecule has 6 nitrogen and oxygen atoms in total. The fraction of sp³-hybridized carbons (Fsp3) is 0.200. The Morgan fingerprint density at radius 1 is 1.44 bits per heavy atom. The van der Waals surface area contributed by atoms with Crippen LogP contribution in [0.3, 0.4) is 0 Å². The molecule has 0 aliphatic rings. The quantitative estimate of drug-likeness (QED) is 0.529. The predicted octanol–water partition coefficient (Wildman–Crippen LogP) is 1.16. The van der Waals surface area contributed by atoms with Crippen molar-refractivity contribution in [3.63, 3.8) is 0 Å². The lowest BCUT2D eigenvalue weighted by molar-refractivity contribution is 0.187. The standard InChI is InChI=1S/C10H13N3O3/c1-15-8-5-6(9(11)12)3-4-7(8)13-10(14)16-2/h3-5H,1-2H3,(H3,11,12)(H,13,14). The van der Waals surface area contributed by atoms with Crippen molar-refractivity contribution >= 4 is 17.6 Å². The maximum Gasteiger partial charge on any atom is 0.411 e. The van der Waals surface area contributed by atoms with E-state index in [1.165, 1.54) is 14.2 Å². The fourth-order valence-corrected chi connectivity index (χ4v) is 1.12. The van der Waals surface area contributed by atoms with E-state index in [2.05, 4.69) is 10.1 Å². The van der Waals surface area contributed by atoms with Gasteiger partial charge in [-0.15, -0.1) is 0 Å². The van der Waals surface area contributed by atoms with Crippen molar-refractivity contribution in [1.29, 1.82) is 5.41 Å². The Morgan fingerprint density at radius 3 is 2.62 bits per heavy atom. The second-order valence-corrected chi connectivity index (χ2v) is 2.95. The van der Waals surface area contributed by atoms with Crippen molar-refractivity contribution in [2.24, 2.45) is 5.73 Å². The zero-order valence-electron chi connectivity index (χ0n) is 9.03. The van der Waals surface area contributed by atoms with Crippen molar-refractivity contribution in [2.45, 2.75) is 0 Å². The molecule has 0 radical (unpaired) electrons. The van der Waals surface area contributed by atoms with E-state index in [9.17, 15) is 4.79 Å². The van der Waals surface area contributed by atoms with Crippen LogP contribution in [0.5, 0.6) is 5.75 Å². The summed E-state index contributed by atoms with van der Waals surface area (Å²) in [6.07, 6.45) is -0.589. The van der Waals surface area contributed by atoms with Gasteiger partial charge in [-0.1, -0.05) is 0 Å². The molecule has 0 fully saturated rings. The number of amides is 1. The van der Waals surface area contributed by atoms with Crippen LogP contribution in [0.2, 0.25) is 0 Å². The highest BCUT2D eigenvalue weighted by molar-refractivity contribution is 5.96. The number of nitrogens with one attached hydrogen (secondary N) is 2. The molecule has 0 aliphatic carbocycles. The molecule has 1 aromatic carbocycles. The fourth-order valence-electron chi connectivity index (χ4n) is 1.12. The number of anilines is 1. The summed E-state index contributed by atoms with van der Waals surface area (Å²) in [5, 5.41) is 9.75. The number of amidine groups is 1. The Kier molecular flexibility index (Phi) is 3.71. The van der Waals surface area contributed by atoms with Crippen LogP contribution in [0.25, 0.3) is 0 Å². The lowest BCUT2D eigenvalue weighted by atomic mass is 10.1. The third-order valence-corrected chi connectivity index (χ3v) is 1.93. The zero-order valence-corrected chi connectivity index (χ0v) is 9.03. The molecule has 0 aliphatic heterocycles. The smallest absolute Gasteiger partial charge is 0.411 e. The molecule has 1 rings (SSSR count). The van der Waals surface area contributed by atoms with E-state index in [1.807, 2.05) is 0 Å². The van der Waals surface area contributed by atoms with Gasteiger partial charge in [-0.3, -0.25) is 10.7 Å². The summed E-state index contributed by atoms with van der Waals surface area (Å²) in [4.78, 5) is 11.0. The van der Waals surface area contributed by atoms with Crippen LogP contribution in [0.1, 0.15) is 5.56 Å². The van der Waals surface area contributed by atoms with E-state index in [0.29, 0.717) is 17.0 Å². The Balaban J connectivity index is 3.02. The van der Waals surface area contributed by atoms with Crippen molar-refractivity contribution in [3.8, 4) is 5.75 Å². The third kappa shape index (κ3) is 2.63. The first-order valence-corrected chi connectivity index (χ1v) is 4.46. The van der Waals surface area contributed by atoms with Gasteiger partial charge in [-0.05, 0) is 18.2 Å². The molecule has 0 unspecified atom stereocenters. The van der Waals surface area contributed by atoms with Gasteiger partial charge < -0.3 is 15.2 Å². The SMILES string of the molecule is COC(=O)Nc1ccc(C(=N)N)cc1OC. The van der Waals surface area contributed by atoms with Crippen LogP contribution < -0.4 is 15.8 Å². The molecule has 0 aromatic heterocycles. The van der Waals surface area contributed by atoms with Gasteiger partial charge in [0.25, 0.3) is 0 Å². The first kappa shape index (κ1) is 11.8. The molecular weight excluding hydrogens is 210 g/mol. The van der Waals surface area contributed by atoms with Crippen molar-refractivity contribution in [1.82, 2.24) is 0 Å². The second-order valence-electron chi connectivity index (χ2n) is 2.95. The molecule has 1 aromatic rings. The molecule has 6 heteroatoms. The van der Waals surface area contributed by atoms with Gasteiger partial charge in [-0.25, -0.2) is 4.79 Å². The van der Waals surface area contributed by atoms with E-state index >= 15 is 0 Å². The molecule has 0 saturated heterocycles. The summed E-state index contributed by atoms with van der Waals surface area (Å²) >= 11 is 0. The lowest BCUT2D eigenvalue weighted by Crippen LogP contribution is -2.14. The first-order valence-electron chi connectivity index (χ1n) is 4.46. The molecule has 86 valence electrons. The van der Waals surface area contributed by atoms with Crippen LogP contribution >= 0.6 is 0 Å². The summed E-state index contributed by atoms with van der Waals surface area (Å²) in [6, 6.07) is 4.76. The van der Waals surface area contributed by atoms with E-state index < -0.39 is 6.09 Å². The molecular formula is C10H13N3O3. The summed E-state index contributed by atoms with van der Waals surface area (Å²) in [6.45, 7) is 0. The molecule has 1 amide bonds. The van der Waals surface area contributed by atoms with Crippen LogP contribution in [0, 0.1) is 5.41 Å². The number of ether oxygens (including phenoxy) is 2. The van der Waals surface area contributed by atoms with Gasteiger partial charge in [0.2, 0.25) is 0 Å². The summed E-state index contributed by atoms with van der Waals surface area (Å²) in [5.74, 6) is 0.348. The highest BCUT2D eigenvalue weighted by Gasteiger charge is 2.08. The molecule has 0 saturated carbocycles. The zero-order chi connectivity index (χ0) is 12.1. The van der Waals surface area contributed by atoms with Gasteiger partial charge in [0.1, 0.15) is 11.6 Å². The number of carbonyl (C=O) groups excluding carboxylic acids is 1. The number of methoxy groups -OCH3 is 2. The minimum Gasteiger partial charge on any atom is -0.495 e. The summed E-state index contributed by atoms with van der Waals surface area (Å²) in [7, 11) is 2.73. The molecule has 0 bridgehead atoms. The minimum atomic E-state index is -0.589. The second kappa shape index (κ2) is 5.01. The highest BCUT2D eigenvalue weighted by atomic mass is 16.5. The number of hydrogen-bond acceptors (Lipinski definition) is 4. The van der Waals surface area contributed by atoms with Gasteiger partial charge in [-0.2, -0.15) is 0 Å². The average molecular weight is 223 g/mol. The van der Waals surface area contributed by atoms with Crippen LogP contribution in [0.4, 0.5) is 10.5 Å². The Morgan fingerprint density at radius 2 is 2.12 bits per heavy atom. The van der Waals surface area contributed by atoms with E-state index in [4.69, 9.17) is 15.9 Å². The number of nitrogen functional groups attached to an aromatic ring is 1. The topological polar surface area (TPSA) is 97.4 Å². The average Bonchev–Trinajstić information content (AvgIpc) is 2.29. The normalized spacial score (nSPS) is 9.38. The number of carbonyl (C=O) groups is 1. The van der Waals surface area contributed by atoms with Crippen molar-refractivity contribution in [3.05, 3.63) is 23.8 Å². The van der Waals surface area contributed by atoms with Gasteiger partial charge in [0.05, 0.1) is 19.9 Å². The van der Waals surface area contributed by atoms with E-state index in [1.54, 1.807) is 18.2 Å². The highest BCUT2D eigenvalue weighted by Crippen LogP contribution is 2.25. The van der Waals surface area contributed by atoms with Gasteiger partial charge >= 0.3 is 6.09 Å². The van der Waals surface area contributed by atoms with Crippen LogP contribution in [-0.4, -0.2) is 26.1 Å². The molecule has 4 N–H and O–H groups in total. The molecule has 0 spiro atoms. The van der Waals surface area contributed by atoms with E-state index in [-0.39, 0.29) is 5.84 Å². The summed E-state index contributed by atoms with van der Waals surface area (Å²) < 4.78 is 9.52. The van der Waals surface area contributed by atoms with Crippen molar-refractivity contribution < 1.29 is 14.3 Å². The van der Waals surface area contributed by atoms with E-state index in [0.717, 1.165) is 0 Å². The van der Waals surface area contributed by atoms with Crippen LogP contribution in [-0.2, 0) is 4.74 Å². The Bertz CT molecular complexity index is 418. The molecule has 0 atom stereocenters. The van der Waals surface area contributed by atoms with Crippen LogP contribution in [0.15, 0.2) is 18.2 Å². The molecule has 0 heterocycles. The van der Waals surface area contributed by atoms with Gasteiger partial charge in [0.15, 0.2) is 0 Å². The number of benzene rings is 1. The number of rotatable bonds is 3. The third-order valence-electron chi connectivity index (χ3n) is 1.93. The van der Waals surface area contributed by atoms with Gasteiger partial charge in [0, 0.05) is 5.56 Å². The Hall–Kier alpha value is -2.24. The molecule has 16 heavy (non-hydrogen) atoms. The predicted molar refractivity (Wildman–Crippen MR) is 60.0 cm³/mol. The number of nitrogens with two attached hydrogens (primary N) is 1. The monoisotopic (exact) mass is 223 g/mol. The first-order chi connectivity index (χ1) is 7.58. The largest absolute Gasteiger partial charge is 0.495 e. The lowest BCUT2D eigenvalue weighted by Gasteiger charge is -2.10. The van der Waals surface area contributed by atoms with Crippen molar-refractivity contribution in [2.75, 3.05) is 19.5 Å². The summed E-state index contributed by atoms with van der Waals surface area (Å²) in [5.41, 5.74) is 6.31. The maximum absolute atomic E-state index is 11.0. The Labute approximate surface area is 92.9 Å². The maximum atomic E-state index is 11.0. The minimum absolute atomic E-state index is 0.0667.